The molecule has 1 aromatic carbocycles. The molecule has 3 aromatic rings. The average Bonchev–Trinajstić information content (AvgIpc) is 3.30. The van der Waals surface area contributed by atoms with Crippen molar-refractivity contribution in [1.29, 1.82) is 0 Å². The summed E-state index contributed by atoms with van der Waals surface area (Å²) < 4.78 is 8.18. The number of hydrogen-bond donors (Lipinski definition) is 1. The summed E-state index contributed by atoms with van der Waals surface area (Å²) in [6.45, 7) is 3.85. The number of benzene rings is 1. The molecular weight excluding hydrogens is 336 g/mol. The maximum absolute atomic E-state index is 12.8. The van der Waals surface area contributed by atoms with Gasteiger partial charge in [0, 0.05) is 29.8 Å². The molecule has 4 rings (SSSR count). The number of ether oxygens (including phenoxy) is 1. The van der Waals surface area contributed by atoms with Crippen LogP contribution >= 0.6 is 11.3 Å². The molecule has 0 unspecified atom stereocenters. The first-order chi connectivity index (χ1) is 12.2. The van der Waals surface area contributed by atoms with E-state index >= 15 is 0 Å². The minimum atomic E-state index is -0.136. The molecule has 0 radical (unpaired) electrons. The first kappa shape index (κ1) is 16.3. The molecule has 1 saturated heterocycles. The predicted octanol–water partition coefficient (Wildman–Crippen LogP) is 3.14. The second-order valence-electron chi connectivity index (χ2n) is 6.27. The zero-order valence-corrected chi connectivity index (χ0v) is 14.9. The van der Waals surface area contributed by atoms with Crippen LogP contribution in [0.5, 0.6) is 0 Å². The topological polar surface area (TPSA) is 60.3 Å². The van der Waals surface area contributed by atoms with Gasteiger partial charge in [-0.15, -0.1) is 11.3 Å². The highest BCUT2D eigenvalue weighted by atomic mass is 32.1. The van der Waals surface area contributed by atoms with Gasteiger partial charge in [0.2, 0.25) is 0 Å². The molecule has 1 fully saturated rings. The van der Waals surface area contributed by atoms with Crippen LogP contribution < -0.4 is 10.9 Å². The molecule has 130 valence electrons. The van der Waals surface area contributed by atoms with Crippen molar-refractivity contribution in [2.24, 2.45) is 0 Å². The second-order valence-corrected chi connectivity index (χ2v) is 7.32. The lowest BCUT2D eigenvalue weighted by Gasteiger charge is -2.09. The number of carbonyl (C=O) groups excluding carboxylic acids is 1. The van der Waals surface area contributed by atoms with Crippen molar-refractivity contribution in [1.82, 2.24) is 9.88 Å². The monoisotopic (exact) mass is 356 g/mol. The van der Waals surface area contributed by atoms with Crippen molar-refractivity contribution >= 4 is 38.2 Å². The van der Waals surface area contributed by atoms with Crippen LogP contribution in [-0.4, -0.2) is 29.7 Å². The third-order valence-corrected chi connectivity index (χ3v) is 5.87. The third kappa shape index (κ3) is 2.85. The normalized spacial score (nSPS) is 17.4. The Balaban J connectivity index is 1.74. The maximum atomic E-state index is 12.8. The highest BCUT2D eigenvalue weighted by Crippen LogP contribution is 2.30. The molecule has 0 spiro atoms. The van der Waals surface area contributed by atoms with E-state index in [-0.39, 0.29) is 17.6 Å². The Labute approximate surface area is 149 Å². The molecule has 0 aliphatic carbocycles. The fourth-order valence-electron chi connectivity index (χ4n) is 3.43. The lowest BCUT2D eigenvalue weighted by molar-refractivity contribution is 0.0861. The summed E-state index contributed by atoms with van der Waals surface area (Å²) >= 11 is 1.38. The summed E-state index contributed by atoms with van der Waals surface area (Å²) in [6, 6.07) is 9.59. The van der Waals surface area contributed by atoms with Crippen molar-refractivity contribution in [3.63, 3.8) is 0 Å². The molecule has 25 heavy (non-hydrogen) atoms. The van der Waals surface area contributed by atoms with E-state index in [2.05, 4.69) is 5.32 Å². The number of nitrogens with zero attached hydrogens (tertiary/aromatic N) is 1. The number of fused-ring (bicyclic) bond motifs is 3. The third-order valence-electron chi connectivity index (χ3n) is 4.70. The molecule has 5 nitrogen and oxygen atoms in total. The Morgan fingerprint density at radius 3 is 2.96 bits per heavy atom. The van der Waals surface area contributed by atoms with E-state index in [1.807, 2.05) is 31.2 Å². The molecule has 1 aliphatic heterocycles. The first-order valence-corrected chi connectivity index (χ1v) is 9.45. The van der Waals surface area contributed by atoms with Crippen LogP contribution in [0.25, 0.3) is 21.0 Å². The van der Waals surface area contributed by atoms with Gasteiger partial charge in [0.05, 0.1) is 21.9 Å². The van der Waals surface area contributed by atoms with Crippen LogP contribution in [0, 0.1) is 0 Å². The van der Waals surface area contributed by atoms with E-state index in [4.69, 9.17) is 4.74 Å². The lowest BCUT2D eigenvalue weighted by atomic mass is 10.1. The van der Waals surface area contributed by atoms with Gasteiger partial charge in [-0.3, -0.25) is 9.59 Å². The summed E-state index contributed by atoms with van der Waals surface area (Å²) in [4.78, 5) is 25.9. The number of pyridine rings is 1. The summed E-state index contributed by atoms with van der Waals surface area (Å²) in [7, 11) is 0. The number of amides is 1. The van der Waals surface area contributed by atoms with Crippen molar-refractivity contribution in [2.45, 2.75) is 32.4 Å². The van der Waals surface area contributed by atoms with Gasteiger partial charge >= 0.3 is 0 Å². The van der Waals surface area contributed by atoms with Gasteiger partial charge in [-0.05, 0) is 31.9 Å². The Morgan fingerprint density at radius 1 is 1.36 bits per heavy atom. The highest BCUT2D eigenvalue weighted by molar-refractivity contribution is 7.21. The molecule has 1 aliphatic rings. The van der Waals surface area contributed by atoms with E-state index in [0.717, 1.165) is 35.1 Å². The Kier molecular flexibility index (Phi) is 4.31. The fraction of sp³-hybridized carbons (Fsp3) is 0.368. The number of thiophene rings is 1. The molecule has 1 amide bonds. The smallest absolute Gasteiger partial charge is 0.261 e. The molecule has 1 atom stereocenters. The highest BCUT2D eigenvalue weighted by Gasteiger charge is 2.19. The SMILES string of the molecule is CCn1c(=O)c2cc(C(=O)NC[C@H]3CCCO3)sc2c2ccccc21. The largest absolute Gasteiger partial charge is 0.376 e. The van der Waals surface area contributed by atoms with Crippen molar-refractivity contribution < 1.29 is 9.53 Å². The first-order valence-electron chi connectivity index (χ1n) is 8.64. The van der Waals surface area contributed by atoms with Gasteiger partial charge < -0.3 is 14.6 Å². The summed E-state index contributed by atoms with van der Waals surface area (Å²) in [6.07, 6.45) is 2.14. The Bertz CT molecular complexity index is 999. The number of hydrogen-bond acceptors (Lipinski definition) is 4. The van der Waals surface area contributed by atoms with Crippen molar-refractivity contribution in [2.75, 3.05) is 13.2 Å². The molecule has 3 heterocycles. The van der Waals surface area contributed by atoms with Gasteiger partial charge in [0.15, 0.2) is 0 Å². The van der Waals surface area contributed by atoms with Crippen LogP contribution in [0.2, 0.25) is 0 Å². The van der Waals surface area contributed by atoms with Gasteiger partial charge in [-0.2, -0.15) is 0 Å². The zero-order chi connectivity index (χ0) is 17.4. The van der Waals surface area contributed by atoms with E-state index in [9.17, 15) is 9.59 Å². The van der Waals surface area contributed by atoms with Gasteiger partial charge in [-0.25, -0.2) is 0 Å². The molecule has 1 N–H and O–H groups in total. The molecular formula is C19H20N2O3S. The number of carbonyl (C=O) groups is 1. The summed E-state index contributed by atoms with van der Waals surface area (Å²) in [5, 5.41) is 4.57. The quantitative estimate of drug-likeness (QED) is 0.781. The predicted molar refractivity (Wildman–Crippen MR) is 101 cm³/mol. The molecule has 2 aromatic heterocycles. The summed E-state index contributed by atoms with van der Waals surface area (Å²) in [5.74, 6) is -0.136. The number of nitrogens with one attached hydrogen (secondary N) is 1. The lowest BCUT2D eigenvalue weighted by Crippen LogP contribution is -2.31. The molecule has 0 saturated carbocycles. The summed E-state index contributed by atoms with van der Waals surface area (Å²) in [5.41, 5.74) is 0.876. The minimum Gasteiger partial charge on any atom is -0.376 e. The fourth-order valence-corrected chi connectivity index (χ4v) is 4.53. The molecule has 6 heteroatoms. The number of aryl methyl sites for hydroxylation is 1. The van der Waals surface area contributed by atoms with Gasteiger partial charge in [0.25, 0.3) is 11.5 Å². The van der Waals surface area contributed by atoms with Gasteiger partial charge in [0.1, 0.15) is 0 Å². The van der Waals surface area contributed by atoms with E-state index in [1.165, 1.54) is 11.3 Å². The van der Waals surface area contributed by atoms with Crippen molar-refractivity contribution in [3.05, 3.63) is 45.6 Å². The second kappa shape index (κ2) is 6.61. The van der Waals surface area contributed by atoms with Crippen LogP contribution in [0.15, 0.2) is 35.1 Å². The van der Waals surface area contributed by atoms with E-state index in [0.29, 0.717) is 23.4 Å². The Morgan fingerprint density at radius 2 is 2.20 bits per heavy atom. The zero-order valence-electron chi connectivity index (χ0n) is 14.1. The number of aromatic nitrogens is 1. The standard InChI is InChI=1S/C19H20N2O3S/c1-2-21-15-8-4-3-7-13(15)17-14(19(21)23)10-16(25-17)18(22)20-11-12-6-5-9-24-12/h3-4,7-8,10,12H,2,5-6,9,11H2,1H3,(H,20,22)/t12-/m1/s1. The van der Waals surface area contributed by atoms with E-state index in [1.54, 1.807) is 10.6 Å². The van der Waals surface area contributed by atoms with Crippen LogP contribution in [0.1, 0.15) is 29.4 Å². The number of para-hydroxylation sites is 1. The average molecular weight is 356 g/mol. The molecule has 0 bridgehead atoms. The van der Waals surface area contributed by atoms with Gasteiger partial charge in [-0.1, -0.05) is 18.2 Å². The van der Waals surface area contributed by atoms with Crippen LogP contribution in [0.3, 0.4) is 0 Å². The van der Waals surface area contributed by atoms with E-state index < -0.39 is 0 Å². The number of rotatable bonds is 4. The van der Waals surface area contributed by atoms with Crippen LogP contribution in [0.4, 0.5) is 0 Å². The Hall–Kier alpha value is -2.18. The maximum Gasteiger partial charge on any atom is 0.261 e. The van der Waals surface area contributed by atoms with Crippen molar-refractivity contribution in [3.8, 4) is 0 Å². The van der Waals surface area contributed by atoms with Crippen LogP contribution in [-0.2, 0) is 11.3 Å². The minimum absolute atomic E-state index is 0.0365.